The summed E-state index contributed by atoms with van der Waals surface area (Å²) >= 11 is 0. The molecular formula is C27H46BrFeN. The molecule has 0 radical (unpaired) electrons. The van der Waals surface area contributed by atoms with E-state index in [0.717, 1.165) is 4.44 Å². The van der Waals surface area contributed by atoms with E-state index < -0.39 is 6.51 Å². The molecule has 30 heavy (non-hydrogen) atoms. The Morgan fingerprint density at radius 1 is 0.567 bits per heavy atom. The van der Waals surface area contributed by atoms with Crippen molar-refractivity contribution in [1.82, 2.24) is 0 Å². The van der Waals surface area contributed by atoms with E-state index >= 15 is 0 Å². The first-order valence-corrected chi connectivity index (χ1v) is 20.4. The van der Waals surface area contributed by atoms with Crippen LogP contribution < -0.4 is 21.9 Å². The Kier molecular flexibility index (Phi) is 1.63. The van der Waals surface area contributed by atoms with E-state index in [4.69, 9.17) is 0 Å². The number of hydrogen-bond acceptors (Lipinski definition) is 0. The number of nitrogens with one attached hydrogen (secondary N) is 1. The zero-order valence-electron chi connectivity index (χ0n) is 19.5. The summed E-state index contributed by atoms with van der Waals surface area (Å²) in [4.78, 5) is 15.8. The molecule has 1 nitrogen and oxygen atoms in total. The second kappa shape index (κ2) is 2.67. The summed E-state index contributed by atoms with van der Waals surface area (Å²) in [6, 6.07) is 0. The van der Waals surface area contributed by atoms with Gasteiger partial charge in [-0.3, -0.25) is 0 Å². The van der Waals surface area contributed by atoms with Crippen LogP contribution in [0.15, 0.2) is 0 Å². The van der Waals surface area contributed by atoms with Crippen LogP contribution in [0.25, 0.3) is 0 Å². The van der Waals surface area contributed by atoms with Crippen LogP contribution in [-0.2, 0) is 6.51 Å². The SMILES string of the molecule is CCCCCCCCCCCCCCCC[NH+](C)[C]12[CH]3[CH]4[CH]5[CH]1[Fe]45321678[CH]2[CH]1[CH]6[CH]7[CH]28.[Br-]. The fourth-order valence-corrected chi connectivity index (χ4v) is 95.3. The van der Waals surface area contributed by atoms with Crippen LogP contribution in [-0.4, -0.2) is 18.0 Å². The molecule has 10 saturated heterocycles. The van der Waals surface area contributed by atoms with Gasteiger partial charge in [0.2, 0.25) is 0 Å². The molecule has 0 saturated carbocycles. The van der Waals surface area contributed by atoms with Crippen LogP contribution in [0.1, 0.15) is 96.8 Å². The van der Waals surface area contributed by atoms with E-state index in [1.807, 2.05) is 0 Å². The molecule has 3 heteroatoms. The number of hydrogen-bond donors (Lipinski definition) is 1. The van der Waals surface area contributed by atoms with Crippen molar-refractivity contribution in [2.24, 2.45) is 0 Å². The number of unbranched alkanes of at least 4 members (excludes halogenated alkanes) is 13. The molecule has 5 atom stereocenters. The first-order chi connectivity index (χ1) is 14.0. The van der Waals surface area contributed by atoms with Gasteiger partial charge < -0.3 is 17.0 Å². The summed E-state index contributed by atoms with van der Waals surface area (Å²) in [5, 5.41) is 0. The standard InChI is InChI=1S/C22H41N.C5H5.BrH.Fe/c1-3-4-5-6-7-8-9-10-11-12-13-14-15-18-21-23(2)22-19-16-17-20-22;1-2-4-5-3-1;;/h16-17,19-20,23H,3-15,18,21H2,1-2H3;1-5H;1H;/q+1;;;/p-1. The van der Waals surface area contributed by atoms with E-state index in [0.29, 0.717) is 0 Å². The second-order valence-corrected chi connectivity index (χ2v) is 39.4. The zero-order valence-corrected chi connectivity index (χ0v) is 22.2. The maximum Gasteiger partial charge on any atom is -1.00 e. The molecule has 1 spiro atoms. The van der Waals surface area contributed by atoms with Gasteiger partial charge in [0.25, 0.3) is 0 Å². The number of quaternary nitrogens is 1. The van der Waals surface area contributed by atoms with Crippen LogP contribution in [0.2, 0.25) is 43.3 Å². The van der Waals surface area contributed by atoms with Crippen LogP contribution in [0, 0.1) is 0 Å². The van der Waals surface area contributed by atoms with Crippen molar-refractivity contribution < 1.29 is 28.4 Å². The van der Waals surface area contributed by atoms with Gasteiger partial charge in [0.1, 0.15) is 0 Å². The summed E-state index contributed by atoms with van der Waals surface area (Å²) in [5.74, 6) is 0. The predicted octanol–water partition coefficient (Wildman–Crippen LogP) is 4.28. The van der Waals surface area contributed by atoms with Crippen molar-refractivity contribution in [2.75, 3.05) is 13.6 Å². The van der Waals surface area contributed by atoms with Crippen molar-refractivity contribution in [3.63, 3.8) is 0 Å². The minimum absolute atomic E-state index is 0. The Hall–Kier alpha value is 0.959. The topological polar surface area (TPSA) is 4.44 Å². The summed E-state index contributed by atoms with van der Waals surface area (Å²) in [6.45, 7) is 1.09. The van der Waals surface area contributed by atoms with Crippen LogP contribution in [0.4, 0.5) is 0 Å². The first kappa shape index (κ1) is 18.3. The van der Waals surface area contributed by atoms with E-state index in [1.54, 1.807) is 19.4 Å². The maximum atomic E-state index is 2.71. The molecule has 0 aromatic heterocycles. The Morgan fingerprint density at radius 2 is 0.933 bits per heavy atom. The predicted molar refractivity (Wildman–Crippen MR) is 119 cm³/mol. The summed E-state index contributed by atoms with van der Waals surface area (Å²) in [7, 11) is 2.71. The average Bonchev–Trinajstić information content (AvgIpc) is 3.67. The molecule has 10 fully saturated rings. The van der Waals surface area contributed by atoms with Crippen LogP contribution in [0.5, 0.6) is 0 Å². The third kappa shape index (κ3) is 0.407. The fourth-order valence-electron chi connectivity index (χ4n) is 20.2. The summed E-state index contributed by atoms with van der Waals surface area (Å²) in [6.07, 6.45) is 21.0. The van der Waals surface area contributed by atoms with Gasteiger partial charge in [-0.1, -0.05) is 39.0 Å². The molecule has 10 aliphatic rings. The van der Waals surface area contributed by atoms with Gasteiger partial charge in [0, 0.05) is 0 Å². The van der Waals surface area contributed by atoms with Gasteiger partial charge in [0.05, 0.1) is 0 Å². The minimum Gasteiger partial charge on any atom is -1.00 e. The molecule has 10 rings (SSSR count). The van der Waals surface area contributed by atoms with Gasteiger partial charge in [-0.05, 0) is 0 Å². The molecule has 174 valence electrons. The van der Waals surface area contributed by atoms with Crippen molar-refractivity contribution in [3.05, 3.63) is 0 Å². The molecule has 0 aliphatic carbocycles. The summed E-state index contributed by atoms with van der Waals surface area (Å²) < 4.78 is 1.11. The van der Waals surface area contributed by atoms with Crippen molar-refractivity contribution >= 4 is 0 Å². The number of fused-ring (bicyclic) bond motifs is 10. The normalized spacial score (nSPS) is 73.5. The van der Waals surface area contributed by atoms with Crippen molar-refractivity contribution in [2.45, 2.75) is 145 Å². The van der Waals surface area contributed by atoms with Crippen LogP contribution in [0.3, 0.4) is 0 Å². The van der Waals surface area contributed by atoms with E-state index in [2.05, 4.69) is 18.9 Å². The van der Waals surface area contributed by atoms with E-state index in [1.165, 1.54) is 120 Å². The third-order valence-corrected chi connectivity index (χ3v) is 61.7. The quantitative estimate of drug-likeness (QED) is 0.229. The molecule has 10 heterocycles. The monoisotopic (exact) mass is 519 g/mol. The zero-order chi connectivity index (χ0) is 19.2. The largest absolute Gasteiger partial charge is 1.00 e. The van der Waals surface area contributed by atoms with Crippen molar-refractivity contribution in [3.8, 4) is 0 Å². The molecule has 0 aromatic rings. The van der Waals surface area contributed by atoms with Gasteiger partial charge in [-0.2, -0.15) is 0 Å². The minimum atomic E-state index is -2.80. The maximum absolute atomic E-state index is 2.80. The Labute approximate surface area is 185 Å². The molecule has 0 bridgehead atoms. The Balaban J connectivity index is 0.00000144. The van der Waals surface area contributed by atoms with Gasteiger partial charge >= 0.3 is 131 Å². The van der Waals surface area contributed by atoms with Gasteiger partial charge in [0.15, 0.2) is 0 Å². The molecule has 1 N–H and O–H groups in total. The first-order valence-electron chi connectivity index (χ1n) is 14.1. The smallest absolute Gasteiger partial charge is 1.00 e. The van der Waals surface area contributed by atoms with E-state index in [9.17, 15) is 0 Å². The van der Waals surface area contributed by atoms with Gasteiger partial charge in [-0.15, -0.1) is 0 Å². The molecule has 0 aromatic carbocycles. The number of halogens is 1. The van der Waals surface area contributed by atoms with Crippen molar-refractivity contribution in [1.29, 1.82) is 0 Å². The fraction of sp³-hybridized carbons (Fsp3) is 1.00. The summed E-state index contributed by atoms with van der Waals surface area (Å²) in [5.41, 5.74) is 0. The molecular weight excluding hydrogens is 474 g/mol. The van der Waals surface area contributed by atoms with Gasteiger partial charge in [-0.25, -0.2) is 0 Å². The Bertz CT molecular complexity index is 1050. The second-order valence-electron chi connectivity index (χ2n) is 15.8. The molecule has 0 amide bonds. The van der Waals surface area contributed by atoms with Crippen LogP contribution >= 0.6 is 0 Å². The number of rotatable bonds is 16. The molecule has 5 unspecified atom stereocenters. The third-order valence-electron chi connectivity index (χ3n) is 19.2. The Morgan fingerprint density at radius 3 is 1.23 bits per heavy atom. The average molecular weight is 520 g/mol. The molecule has 10 aliphatic heterocycles. The van der Waals surface area contributed by atoms with E-state index in [-0.39, 0.29) is 17.0 Å².